The molecule has 2 aromatic carbocycles. The predicted molar refractivity (Wildman–Crippen MR) is 85.3 cm³/mol. The van der Waals surface area contributed by atoms with Crippen LogP contribution in [0.25, 0.3) is 22.6 Å². The molecule has 2 nitrogen and oxygen atoms in total. The summed E-state index contributed by atoms with van der Waals surface area (Å²) < 4.78 is 14.8. The van der Waals surface area contributed by atoms with Crippen molar-refractivity contribution in [3.63, 3.8) is 0 Å². The molecule has 0 unspecified atom stereocenters. The van der Waals surface area contributed by atoms with Gasteiger partial charge in [0.1, 0.15) is 0 Å². The van der Waals surface area contributed by atoms with Gasteiger partial charge in [0.25, 0.3) is 0 Å². The van der Waals surface area contributed by atoms with Crippen LogP contribution < -0.4 is 0 Å². The van der Waals surface area contributed by atoms with Gasteiger partial charge in [-0.05, 0) is 19.1 Å². The molecule has 4 heteroatoms. The summed E-state index contributed by atoms with van der Waals surface area (Å²) in [5.41, 5.74) is 3.40. The normalized spacial score (nSPS) is 10.6. The summed E-state index contributed by atoms with van der Waals surface area (Å²) in [6, 6.07) is 16.7. The predicted octanol–water partition coefficient (Wildman–Crippen LogP) is 5.02. The Bertz CT molecular complexity index is 704. The first-order valence-electron chi connectivity index (χ1n) is 6.49. The molecule has 0 fully saturated rings. The maximum Gasteiger partial charge on any atom is 0.217 e. The number of nitrogens with zero attached hydrogens (tertiary/aromatic N) is 2. The van der Waals surface area contributed by atoms with E-state index in [-0.39, 0.29) is 0 Å². The second-order valence-electron chi connectivity index (χ2n) is 4.77. The third kappa shape index (κ3) is 3.16. The first-order chi connectivity index (χ1) is 10.1. The fourth-order valence-electron chi connectivity index (χ4n) is 2.02. The monoisotopic (exact) mass is 342 g/mol. The van der Waals surface area contributed by atoms with Gasteiger partial charge in [0.05, 0.1) is 5.69 Å². The van der Waals surface area contributed by atoms with E-state index >= 15 is 0 Å². The topological polar surface area (TPSA) is 25.8 Å². The second-order valence-corrected chi connectivity index (χ2v) is 5.69. The number of hydrogen-bond acceptors (Lipinski definition) is 2. The summed E-state index contributed by atoms with van der Waals surface area (Å²) in [6.45, 7) is 2.01. The Labute approximate surface area is 130 Å². The van der Waals surface area contributed by atoms with Crippen molar-refractivity contribution in [1.82, 2.24) is 9.97 Å². The lowest BCUT2D eigenvalue weighted by atomic mass is 10.1. The summed E-state index contributed by atoms with van der Waals surface area (Å²) in [4.78, 5) is 8.35. The summed E-state index contributed by atoms with van der Waals surface area (Å²) in [5.74, 6) is -0.142. The SMILES string of the molecule is Cc1ccc(-c2cc(F)nc(-c3ccc(Br)cc3)n2)cc1. The van der Waals surface area contributed by atoms with Gasteiger partial charge in [0.15, 0.2) is 5.82 Å². The number of benzene rings is 2. The molecule has 21 heavy (non-hydrogen) atoms. The van der Waals surface area contributed by atoms with Crippen molar-refractivity contribution >= 4 is 15.9 Å². The lowest BCUT2D eigenvalue weighted by Crippen LogP contribution is -1.95. The molecule has 0 amide bonds. The van der Waals surface area contributed by atoms with Gasteiger partial charge in [-0.2, -0.15) is 9.37 Å². The minimum absolute atomic E-state index is 0.387. The first kappa shape index (κ1) is 13.9. The number of halogens is 2. The lowest BCUT2D eigenvalue weighted by molar-refractivity contribution is 0.582. The van der Waals surface area contributed by atoms with Crippen LogP contribution in [0.15, 0.2) is 59.1 Å². The molecule has 0 aliphatic rings. The zero-order valence-electron chi connectivity index (χ0n) is 11.3. The Kier molecular flexibility index (Phi) is 3.80. The average Bonchev–Trinajstić information content (AvgIpc) is 2.48. The van der Waals surface area contributed by atoms with Crippen LogP contribution in [0, 0.1) is 12.9 Å². The Hall–Kier alpha value is -2.07. The number of hydrogen-bond donors (Lipinski definition) is 0. The smallest absolute Gasteiger partial charge is 0.217 e. The van der Waals surface area contributed by atoms with Crippen LogP contribution in [0.4, 0.5) is 4.39 Å². The molecule has 0 saturated heterocycles. The summed E-state index contributed by atoms with van der Waals surface area (Å²) in [6.07, 6.45) is 0. The van der Waals surface area contributed by atoms with Crippen LogP contribution in [-0.2, 0) is 0 Å². The third-order valence-electron chi connectivity index (χ3n) is 3.14. The van der Waals surface area contributed by atoms with E-state index in [0.29, 0.717) is 11.5 Å². The Balaban J connectivity index is 2.07. The maximum absolute atomic E-state index is 13.8. The van der Waals surface area contributed by atoms with Crippen LogP contribution in [0.1, 0.15) is 5.56 Å². The molecule has 0 atom stereocenters. The van der Waals surface area contributed by atoms with Crippen molar-refractivity contribution in [3.8, 4) is 22.6 Å². The van der Waals surface area contributed by atoms with Crippen molar-refractivity contribution < 1.29 is 4.39 Å². The van der Waals surface area contributed by atoms with E-state index in [9.17, 15) is 4.39 Å². The highest BCUT2D eigenvalue weighted by Crippen LogP contribution is 2.23. The van der Waals surface area contributed by atoms with Gasteiger partial charge in [-0.1, -0.05) is 57.9 Å². The third-order valence-corrected chi connectivity index (χ3v) is 3.67. The highest BCUT2D eigenvalue weighted by molar-refractivity contribution is 9.10. The molecule has 3 aromatic rings. The zero-order valence-corrected chi connectivity index (χ0v) is 12.9. The van der Waals surface area contributed by atoms with E-state index in [0.717, 1.165) is 21.2 Å². The van der Waals surface area contributed by atoms with Crippen LogP contribution >= 0.6 is 15.9 Å². The standard InChI is InChI=1S/C17H12BrFN2/c1-11-2-4-12(5-3-11)15-10-16(19)21-17(20-15)13-6-8-14(18)9-7-13/h2-10H,1H3. The fourth-order valence-corrected chi connectivity index (χ4v) is 2.28. The molecule has 104 valence electrons. The van der Waals surface area contributed by atoms with Crippen molar-refractivity contribution in [2.24, 2.45) is 0 Å². The molecule has 0 spiro atoms. The zero-order chi connectivity index (χ0) is 14.8. The molecule has 1 aromatic heterocycles. The van der Waals surface area contributed by atoms with Gasteiger partial charge in [0.2, 0.25) is 5.95 Å². The Morgan fingerprint density at radius 1 is 0.857 bits per heavy atom. The molecule has 1 heterocycles. The summed E-state index contributed by atoms with van der Waals surface area (Å²) in [5, 5.41) is 0. The molecule has 0 aliphatic heterocycles. The largest absolute Gasteiger partial charge is 0.228 e. The average molecular weight is 343 g/mol. The van der Waals surface area contributed by atoms with Gasteiger partial charge in [-0.3, -0.25) is 0 Å². The van der Waals surface area contributed by atoms with Crippen LogP contribution in [-0.4, -0.2) is 9.97 Å². The van der Waals surface area contributed by atoms with E-state index in [1.165, 1.54) is 6.07 Å². The van der Waals surface area contributed by atoms with E-state index in [1.807, 2.05) is 55.5 Å². The minimum Gasteiger partial charge on any atom is -0.228 e. The van der Waals surface area contributed by atoms with Gasteiger partial charge < -0.3 is 0 Å². The molecule has 0 aliphatic carbocycles. The molecule has 0 bridgehead atoms. The molecule has 3 rings (SSSR count). The van der Waals surface area contributed by atoms with E-state index in [4.69, 9.17) is 0 Å². The number of aryl methyl sites for hydroxylation is 1. The molecular formula is C17H12BrFN2. The maximum atomic E-state index is 13.8. The van der Waals surface area contributed by atoms with E-state index in [2.05, 4.69) is 25.9 Å². The highest BCUT2D eigenvalue weighted by atomic mass is 79.9. The minimum atomic E-state index is -0.529. The number of rotatable bonds is 2. The van der Waals surface area contributed by atoms with Crippen molar-refractivity contribution in [3.05, 3.63) is 70.6 Å². The van der Waals surface area contributed by atoms with Crippen LogP contribution in [0.5, 0.6) is 0 Å². The van der Waals surface area contributed by atoms with Crippen molar-refractivity contribution in [1.29, 1.82) is 0 Å². The van der Waals surface area contributed by atoms with Crippen LogP contribution in [0.2, 0.25) is 0 Å². The number of aromatic nitrogens is 2. The first-order valence-corrected chi connectivity index (χ1v) is 7.29. The Morgan fingerprint density at radius 2 is 1.48 bits per heavy atom. The van der Waals surface area contributed by atoms with Crippen molar-refractivity contribution in [2.75, 3.05) is 0 Å². The van der Waals surface area contributed by atoms with Gasteiger partial charge >= 0.3 is 0 Å². The van der Waals surface area contributed by atoms with E-state index < -0.39 is 5.95 Å². The van der Waals surface area contributed by atoms with Gasteiger partial charge in [-0.15, -0.1) is 0 Å². The molecule has 0 radical (unpaired) electrons. The van der Waals surface area contributed by atoms with Gasteiger partial charge in [-0.25, -0.2) is 4.98 Å². The van der Waals surface area contributed by atoms with Crippen LogP contribution in [0.3, 0.4) is 0 Å². The van der Waals surface area contributed by atoms with Gasteiger partial charge in [0, 0.05) is 21.7 Å². The quantitative estimate of drug-likeness (QED) is 0.611. The second kappa shape index (κ2) is 5.74. The fraction of sp³-hybridized carbons (Fsp3) is 0.0588. The lowest BCUT2D eigenvalue weighted by Gasteiger charge is -2.05. The Morgan fingerprint density at radius 3 is 2.14 bits per heavy atom. The van der Waals surface area contributed by atoms with Crippen molar-refractivity contribution in [2.45, 2.75) is 6.92 Å². The van der Waals surface area contributed by atoms with E-state index in [1.54, 1.807) is 0 Å². The molecule has 0 saturated carbocycles. The summed E-state index contributed by atoms with van der Waals surface area (Å²) >= 11 is 3.38. The molecule has 0 N–H and O–H groups in total. The summed E-state index contributed by atoms with van der Waals surface area (Å²) in [7, 11) is 0. The molecular weight excluding hydrogens is 331 g/mol. The highest BCUT2D eigenvalue weighted by Gasteiger charge is 2.08.